The average molecular weight is 146 g/mol. The first-order chi connectivity index (χ1) is 5.34. The van der Waals surface area contributed by atoms with Crippen LogP contribution in [0, 0.1) is 17.8 Å². The smallest absolute Gasteiger partial charge is 0.0134 e. The minimum atomic E-state index is 0.954. The summed E-state index contributed by atoms with van der Waals surface area (Å²) in [7, 11) is 0. The van der Waals surface area contributed by atoms with E-state index in [-0.39, 0.29) is 0 Å². The molecule has 3 aliphatic carbocycles. The molecule has 0 aliphatic heterocycles. The van der Waals surface area contributed by atoms with Gasteiger partial charge < -0.3 is 0 Å². The summed E-state index contributed by atoms with van der Waals surface area (Å²) in [4.78, 5) is 0. The Bertz CT molecular complexity index is 253. The molecule has 11 heavy (non-hydrogen) atoms. The fourth-order valence-corrected chi connectivity index (χ4v) is 2.26. The van der Waals surface area contributed by atoms with Gasteiger partial charge in [-0.25, -0.2) is 0 Å². The summed E-state index contributed by atoms with van der Waals surface area (Å²) in [5, 5.41) is 0. The Morgan fingerprint density at radius 2 is 2.18 bits per heavy atom. The zero-order valence-electron chi connectivity index (χ0n) is 7.01. The molecule has 0 radical (unpaired) electrons. The summed E-state index contributed by atoms with van der Waals surface area (Å²) in [6.45, 7) is 2.31. The van der Waals surface area contributed by atoms with E-state index in [1.165, 1.54) is 19.3 Å². The first-order valence-electron chi connectivity index (χ1n) is 4.74. The van der Waals surface area contributed by atoms with E-state index in [0.717, 1.165) is 17.8 Å². The minimum Gasteiger partial charge on any atom is -0.0773 e. The fourth-order valence-electron chi connectivity index (χ4n) is 2.26. The second-order valence-corrected chi connectivity index (χ2v) is 4.34. The van der Waals surface area contributed by atoms with Crippen LogP contribution in [-0.4, -0.2) is 0 Å². The first kappa shape index (κ1) is 6.05. The SMILES string of the molecule is CC1=CC(C2CC2)=C[C@@H]2CC12. The predicted molar refractivity (Wildman–Crippen MR) is 46.2 cm³/mol. The van der Waals surface area contributed by atoms with Crippen LogP contribution in [0.4, 0.5) is 0 Å². The molecule has 3 rings (SSSR count). The molecule has 0 bridgehead atoms. The van der Waals surface area contributed by atoms with Gasteiger partial charge in [0.2, 0.25) is 0 Å². The zero-order chi connectivity index (χ0) is 7.42. The molecule has 2 saturated carbocycles. The first-order valence-corrected chi connectivity index (χ1v) is 4.74. The van der Waals surface area contributed by atoms with E-state index in [2.05, 4.69) is 19.1 Å². The van der Waals surface area contributed by atoms with E-state index < -0.39 is 0 Å². The lowest BCUT2D eigenvalue weighted by atomic mass is 9.98. The van der Waals surface area contributed by atoms with Crippen molar-refractivity contribution in [3.63, 3.8) is 0 Å². The summed E-state index contributed by atoms with van der Waals surface area (Å²) in [5.74, 6) is 2.87. The summed E-state index contributed by atoms with van der Waals surface area (Å²) >= 11 is 0. The van der Waals surface area contributed by atoms with Crippen LogP contribution in [0.1, 0.15) is 26.2 Å². The van der Waals surface area contributed by atoms with Gasteiger partial charge >= 0.3 is 0 Å². The van der Waals surface area contributed by atoms with Crippen molar-refractivity contribution < 1.29 is 0 Å². The molecule has 3 aliphatic rings. The Hall–Kier alpha value is -0.520. The Labute approximate surface area is 68.0 Å². The molecular formula is C11H14. The molecule has 0 N–H and O–H groups in total. The molecule has 0 aromatic carbocycles. The van der Waals surface area contributed by atoms with Crippen molar-refractivity contribution in [2.75, 3.05) is 0 Å². The van der Waals surface area contributed by atoms with Gasteiger partial charge in [0.1, 0.15) is 0 Å². The molecule has 0 saturated heterocycles. The van der Waals surface area contributed by atoms with Crippen LogP contribution in [-0.2, 0) is 0 Å². The topological polar surface area (TPSA) is 0 Å². The molecular weight excluding hydrogens is 132 g/mol. The van der Waals surface area contributed by atoms with E-state index in [9.17, 15) is 0 Å². The molecule has 0 heterocycles. The van der Waals surface area contributed by atoms with Crippen LogP contribution < -0.4 is 0 Å². The number of rotatable bonds is 1. The van der Waals surface area contributed by atoms with Crippen molar-refractivity contribution in [3.05, 3.63) is 23.3 Å². The largest absolute Gasteiger partial charge is 0.0773 e. The zero-order valence-corrected chi connectivity index (χ0v) is 7.01. The van der Waals surface area contributed by atoms with Crippen molar-refractivity contribution in [3.8, 4) is 0 Å². The Kier molecular flexibility index (Phi) is 0.988. The van der Waals surface area contributed by atoms with Crippen LogP contribution >= 0.6 is 0 Å². The van der Waals surface area contributed by atoms with Gasteiger partial charge in [-0.3, -0.25) is 0 Å². The van der Waals surface area contributed by atoms with Gasteiger partial charge in [0.15, 0.2) is 0 Å². The van der Waals surface area contributed by atoms with Crippen LogP contribution in [0.5, 0.6) is 0 Å². The monoisotopic (exact) mass is 146 g/mol. The van der Waals surface area contributed by atoms with Crippen LogP contribution in [0.25, 0.3) is 0 Å². The second kappa shape index (κ2) is 1.80. The lowest BCUT2D eigenvalue weighted by Gasteiger charge is -2.08. The molecule has 0 amide bonds. The third-order valence-corrected chi connectivity index (χ3v) is 3.27. The van der Waals surface area contributed by atoms with E-state index in [4.69, 9.17) is 0 Å². The minimum absolute atomic E-state index is 0.954. The number of hydrogen-bond acceptors (Lipinski definition) is 0. The van der Waals surface area contributed by atoms with Gasteiger partial charge in [0.05, 0.1) is 0 Å². The lowest BCUT2D eigenvalue weighted by molar-refractivity contribution is 0.867. The molecule has 0 aromatic rings. The molecule has 58 valence electrons. The van der Waals surface area contributed by atoms with E-state index >= 15 is 0 Å². The van der Waals surface area contributed by atoms with Gasteiger partial charge in [0.25, 0.3) is 0 Å². The third kappa shape index (κ3) is 0.885. The number of allylic oxidation sites excluding steroid dienone is 4. The van der Waals surface area contributed by atoms with Gasteiger partial charge in [0, 0.05) is 0 Å². The van der Waals surface area contributed by atoms with Gasteiger partial charge in [-0.1, -0.05) is 17.7 Å². The normalized spacial score (nSPS) is 40.8. The number of hydrogen-bond donors (Lipinski definition) is 0. The Morgan fingerprint density at radius 3 is 2.82 bits per heavy atom. The van der Waals surface area contributed by atoms with Crippen molar-refractivity contribution in [2.24, 2.45) is 17.8 Å². The predicted octanol–water partition coefficient (Wildman–Crippen LogP) is 2.92. The van der Waals surface area contributed by atoms with Crippen molar-refractivity contribution in [1.29, 1.82) is 0 Å². The highest BCUT2D eigenvalue weighted by atomic mass is 14.4. The van der Waals surface area contributed by atoms with Crippen LogP contribution in [0.2, 0.25) is 0 Å². The van der Waals surface area contributed by atoms with E-state index in [0.29, 0.717) is 0 Å². The van der Waals surface area contributed by atoms with Gasteiger partial charge in [-0.05, 0) is 49.5 Å². The van der Waals surface area contributed by atoms with Gasteiger partial charge in [-0.2, -0.15) is 0 Å². The van der Waals surface area contributed by atoms with Crippen molar-refractivity contribution in [1.82, 2.24) is 0 Å². The summed E-state index contributed by atoms with van der Waals surface area (Å²) in [6.07, 6.45) is 9.33. The Morgan fingerprint density at radius 1 is 1.36 bits per heavy atom. The lowest BCUT2D eigenvalue weighted by Crippen LogP contribution is -1.94. The fraction of sp³-hybridized carbons (Fsp3) is 0.636. The molecule has 0 aromatic heterocycles. The van der Waals surface area contributed by atoms with E-state index in [1.54, 1.807) is 11.1 Å². The van der Waals surface area contributed by atoms with Crippen molar-refractivity contribution in [2.45, 2.75) is 26.2 Å². The molecule has 1 unspecified atom stereocenters. The molecule has 2 fully saturated rings. The average Bonchev–Trinajstić information content (AvgIpc) is 2.83. The summed E-state index contributed by atoms with van der Waals surface area (Å²) < 4.78 is 0. The maximum absolute atomic E-state index is 2.54. The summed E-state index contributed by atoms with van der Waals surface area (Å²) in [5.41, 5.74) is 3.32. The standard InChI is InChI=1S/C11H14/c1-7-4-9(8-2-3-8)5-10-6-11(7)10/h4-5,8,10-11H,2-3,6H2,1H3/t10-,11?/m1/s1. The highest BCUT2D eigenvalue weighted by Crippen LogP contribution is 2.52. The molecule has 0 heteroatoms. The molecule has 2 atom stereocenters. The van der Waals surface area contributed by atoms with Crippen LogP contribution in [0.3, 0.4) is 0 Å². The van der Waals surface area contributed by atoms with E-state index in [1.807, 2.05) is 0 Å². The number of fused-ring (bicyclic) bond motifs is 1. The molecule has 0 spiro atoms. The second-order valence-electron chi connectivity index (χ2n) is 4.34. The maximum atomic E-state index is 2.54. The quantitative estimate of drug-likeness (QED) is 0.533. The molecule has 0 nitrogen and oxygen atoms in total. The maximum Gasteiger partial charge on any atom is -0.0134 e. The van der Waals surface area contributed by atoms with Gasteiger partial charge in [-0.15, -0.1) is 0 Å². The van der Waals surface area contributed by atoms with Crippen molar-refractivity contribution >= 4 is 0 Å². The highest BCUT2D eigenvalue weighted by Gasteiger charge is 2.40. The third-order valence-electron chi connectivity index (χ3n) is 3.27. The summed E-state index contributed by atoms with van der Waals surface area (Å²) in [6, 6.07) is 0. The Balaban J connectivity index is 1.93. The van der Waals surface area contributed by atoms with Crippen LogP contribution in [0.15, 0.2) is 23.3 Å². The highest BCUT2D eigenvalue weighted by molar-refractivity contribution is 5.38.